The Morgan fingerprint density at radius 3 is 2.38 bits per heavy atom. The molecule has 4 atom stereocenters. The number of nitrogens with zero attached hydrogens (tertiary/aromatic N) is 1. The lowest BCUT2D eigenvalue weighted by Crippen LogP contribution is -2.43. The summed E-state index contributed by atoms with van der Waals surface area (Å²) in [5.41, 5.74) is 2.49. The molecule has 2 amide bonds. The van der Waals surface area contributed by atoms with Crippen molar-refractivity contribution in [3.8, 4) is 0 Å². The number of cyclic esters (lactones) is 1. The lowest BCUT2D eigenvalue weighted by atomic mass is 10.0. The maximum absolute atomic E-state index is 12.8. The molecule has 1 N–H and O–H groups in total. The van der Waals surface area contributed by atoms with Crippen LogP contribution in [0, 0.1) is 6.92 Å². The number of benzene rings is 2. The van der Waals surface area contributed by atoms with E-state index in [0.29, 0.717) is 5.56 Å². The largest absolute Gasteiger partial charge is 0.439 e. The van der Waals surface area contributed by atoms with Crippen molar-refractivity contribution in [2.75, 3.05) is 0 Å². The fourth-order valence-corrected chi connectivity index (χ4v) is 3.57. The van der Waals surface area contributed by atoms with Gasteiger partial charge < -0.3 is 9.84 Å². The van der Waals surface area contributed by atoms with E-state index in [0.717, 1.165) is 16.0 Å². The van der Waals surface area contributed by atoms with E-state index in [4.69, 9.17) is 4.74 Å². The number of aliphatic hydroxyl groups is 1. The van der Waals surface area contributed by atoms with Crippen LogP contribution in [0.5, 0.6) is 0 Å². The standard InChI is InChI=1S/C20H20BrNO4/c1-12-8-10-14(11-9-12)17(23)16(21)19(24)22-13(2)18(26-20(22)25)15-6-4-3-5-7-15/h3-11,13,16-18,23H,1-2H3/t13-,16-,17+,18-/m0/s1. The average molecular weight is 418 g/mol. The molecule has 0 bridgehead atoms. The van der Waals surface area contributed by atoms with Crippen molar-refractivity contribution >= 4 is 27.9 Å². The number of amides is 2. The lowest BCUT2D eigenvalue weighted by Gasteiger charge is -2.24. The van der Waals surface area contributed by atoms with Crippen LogP contribution in [-0.4, -0.2) is 32.9 Å². The molecule has 26 heavy (non-hydrogen) atoms. The maximum atomic E-state index is 12.8. The molecule has 2 aromatic rings. The van der Waals surface area contributed by atoms with E-state index in [1.54, 1.807) is 19.1 Å². The number of imide groups is 1. The molecule has 0 aliphatic carbocycles. The third-order valence-corrected chi connectivity index (χ3v) is 5.46. The zero-order valence-corrected chi connectivity index (χ0v) is 16.1. The zero-order chi connectivity index (χ0) is 18.8. The van der Waals surface area contributed by atoms with Gasteiger partial charge in [0.05, 0.1) is 6.04 Å². The van der Waals surface area contributed by atoms with Crippen LogP contribution in [0.3, 0.4) is 0 Å². The minimum Gasteiger partial charge on any atom is -0.439 e. The molecule has 0 unspecified atom stereocenters. The van der Waals surface area contributed by atoms with Gasteiger partial charge in [-0.3, -0.25) is 4.79 Å². The zero-order valence-electron chi connectivity index (χ0n) is 14.5. The maximum Gasteiger partial charge on any atom is 0.417 e. The summed E-state index contributed by atoms with van der Waals surface area (Å²) in [5, 5.41) is 10.5. The molecule has 0 aromatic heterocycles. The van der Waals surface area contributed by atoms with Crippen molar-refractivity contribution in [1.82, 2.24) is 4.90 Å². The number of hydrogen-bond donors (Lipinski definition) is 1. The van der Waals surface area contributed by atoms with Gasteiger partial charge in [0.1, 0.15) is 17.0 Å². The van der Waals surface area contributed by atoms with Gasteiger partial charge in [-0.05, 0) is 25.0 Å². The Bertz CT molecular complexity index is 793. The van der Waals surface area contributed by atoms with E-state index < -0.39 is 35.1 Å². The number of rotatable bonds is 4. The van der Waals surface area contributed by atoms with Crippen LogP contribution in [0.25, 0.3) is 0 Å². The lowest BCUT2D eigenvalue weighted by molar-refractivity contribution is -0.130. The highest BCUT2D eigenvalue weighted by atomic mass is 79.9. The minimum absolute atomic E-state index is 0.470. The monoisotopic (exact) mass is 417 g/mol. The number of carbonyl (C=O) groups is 2. The molecule has 0 radical (unpaired) electrons. The Balaban J connectivity index is 1.78. The van der Waals surface area contributed by atoms with Gasteiger partial charge in [0.2, 0.25) is 5.91 Å². The van der Waals surface area contributed by atoms with E-state index in [1.807, 2.05) is 49.4 Å². The SMILES string of the molecule is Cc1ccc([C@@H](O)[C@H](Br)C(=O)N2C(=O)O[C@H](c3ccccc3)[C@@H]2C)cc1. The third kappa shape index (κ3) is 3.52. The predicted molar refractivity (Wildman–Crippen MR) is 101 cm³/mol. The molecule has 136 valence electrons. The molecule has 2 aromatic carbocycles. The van der Waals surface area contributed by atoms with E-state index in [1.165, 1.54) is 0 Å². The summed E-state index contributed by atoms with van der Waals surface area (Å²) < 4.78 is 5.41. The second-order valence-corrected chi connectivity index (χ2v) is 7.41. The second kappa shape index (κ2) is 7.60. The van der Waals surface area contributed by atoms with Crippen molar-refractivity contribution in [1.29, 1.82) is 0 Å². The summed E-state index contributed by atoms with van der Waals surface area (Å²) in [7, 11) is 0. The quantitative estimate of drug-likeness (QED) is 0.765. The van der Waals surface area contributed by atoms with Gasteiger partial charge in [0.25, 0.3) is 0 Å². The Morgan fingerprint density at radius 2 is 1.77 bits per heavy atom. The van der Waals surface area contributed by atoms with Crippen LogP contribution in [0.2, 0.25) is 0 Å². The first-order chi connectivity index (χ1) is 12.4. The second-order valence-electron chi connectivity index (χ2n) is 6.42. The Hall–Kier alpha value is -2.18. The summed E-state index contributed by atoms with van der Waals surface area (Å²) in [6.07, 6.45) is -2.29. The average Bonchev–Trinajstić information content (AvgIpc) is 2.95. The number of ether oxygens (including phenoxy) is 1. The molecule has 1 aliphatic rings. The van der Waals surface area contributed by atoms with Crippen LogP contribution < -0.4 is 0 Å². The third-order valence-electron chi connectivity index (χ3n) is 4.57. The number of carbonyl (C=O) groups excluding carboxylic acids is 2. The topological polar surface area (TPSA) is 66.8 Å². The molecule has 1 fully saturated rings. The van der Waals surface area contributed by atoms with Crippen molar-refractivity contribution < 1.29 is 19.4 Å². The first-order valence-corrected chi connectivity index (χ1v) is 9.29. The molecule has 1 saturated heterocycles. The molecular formula is C20H20BrNO4. The van der Waals surface area contributed by atoms with Gasteiger partial charge in [-0.15, -0.1) is 0 Å². The number of alkyl halides is 1. The van der Waals surface area contributed by atoms with Crippen LogP contribution in [-0.2, 0) is 9.53 Å². The summed E-state index contributed by atoms with van der Waals surface area (Å²) in [6, 6.07) is 16.1. The highest BCUT2D eigenvalue weighted by Crippen LogP contribution is 2.35. The van der Waals surface area contributed by atoms with Crippen molar-refractivity contribution in [3.05, 3.63) is 71.3 Å². The normalized spacial score (nSPS) is 22.0. The number of halogens is 1. The summed E-state index contributed by atoms with van der Waals surface area (Å²) in [6.45, 7) is 3.71. The van der Waals surface area contributed by atoms with Crippen LogP contribution in [0.4, 0.5) is 4.79 Å². The molecule has 6 heteroatoms. The van der Waals surface area contributed by atoms with E-state index in [9.17, 15) is 14.7 Å². The van der Waals surface area contributed by atoms with Crippen LogP contribution >= 0.6 is 15.9 Å². The summed E-state index contributed by atoms with van der Waals surface area (Å²) >= 11 is 3.26. The van der Waals surface area contributed by atoms with Gasteiger partial charge in [0.15, 0.2) is 0 Å². The summed E-state index contributed by atoms with van der Waals surface area (Å²) in [4.78, 5) is 25.3. The Labute approximate surface area is 160 Å². The van der Waals surface area contributed by atoms with Crippen molar-refractivity contribution in [2.24, 2.45) is 0 Å². The van der Waals surface area contributed by atoms with Gasteiger partial charge in [-0.2, -0.15) is 0 Å². The van der Waals surface area contributed by atoms with Crippen molar-refractivity contribution in [3.63, 3.8) is 0 Å². The highest BCUT2D eigenvalue weighted by molar-refractivity contribution is 9.10. The first kappa shape index (κ1) is 18.6. The van der Waals surface area contributed by atoms with Gasteiger partial charge in [-0.25, -0.2) is 9.69 Å². The van der Waals surface area contributed by atoms with Crippen LogP contribution in [0.1, 0.15) is 35.8 Å². The fraction of sp³-hybridized carbons (Fsp3) is 0.300. The minimum atomic E-state index is -1.07. The molecule has 1 heterocycles. The van der Waals surface area contributed by atoms with E-state index in [-0.39, 0.29) is 0 Å². The number of aryl methyl sites for hydroxylation is 1. The van der Waals surface area contributed by atoms with Gasteiger partial charge >= 0.3 is 6.09 Å². The van der Waals surface area contributed by atoms with E-state index in [2.05, 4.69) is 15.9 Å². The smallest absolute Gasteiger partial charge is 0.417 e. The first-order valence-electron chi connectivity index (χ1n) is 8.37. The molecule has 0 spiro atoms. The molecule has 0 saturated carbocycles. The van der Waals surface area contributed by atoms with Gasteiger partial charge in [0, 0.05) is 0 Å². The Morgan fingerprint density at radius 1 is 1.15 bits per heavy atom. The van der Waals surface area contributed by atoms with Crippen LogP contribution in [0.15, 0.2) is 54.6 Å². The fourth-order valence-electron chi connectivity index (χ4n) is 3.05. The molecule has 1 aliphatic heterocycles. The number of aliphatic hydroxyl groups excluding tert-OH is 1. The Kier molecular flexibility index (Phi) is 5.44. The molecule has 3 rings (SSSR count). The van der Waals surface area contributed by atoms with E-state index >= 15 is 0 Å². The summed E-state index contributed by atoms with van der Waals surface area (Å²) in [5.74, 6) is -0.519. The van der Waals surface area contributed by atoms with Gasteiger partial charge in [-0.1, -0.05) is 76.1 Å². The molecular weight excluding hydrogens is 398 g/mol. The highest BCUT2D eigenvalue weighted by Gasteiger charge is 2.46. The number of hydrogen-bond acceptors (Lipinski definition) is 4. The molecule has 5 nitrogen and oxygen atoms in total. The predicted octanol–water partition coefficient (Wildman–Crippen LogP) is 3.90. The van der Waals surface area contributed by atoms with Crippen molar-refractivity contribution in [2.45, 2.75) is 36.9 Å².